The number of nitrogens with zero attached hydrogens (tertiary/aromatic N) is 4. The molecule has 11 heteroatoms. The highest BCUT2D eigenvalue weighted by molar-refractivity contribution is 7.91. The summed E-state index contributed by atoms with van der Waals surface area (Å²) in [5.74, 6) is 0.261. The summed E-state index contributed by atoms with van der Waals surface area (Å²) in [5.41, 5.74) is 0.809. The zero-order valence-corrected chi connectivity index (χ0v) is 21.4. The first-order valence-corrected chi connectivity index (χ1v) is 13.9. The van der Waals surface area contributed by atoms with Gasteiger partial charge in [0.15, 0.2) is 5.13 Å². The Balaban J connectivity index is 1.60. The van der Waals surface area contributed by atoms with E-state index in [4.69, 9.17) is 9.72 Å². The Morgan fingerprint density at radius 3 is 2.79 bits per heavy atom. The molecule has 33 heavy (non-hydrogen) atoms. The van der Waals surface area contributed by atoms with E-state index in [0.29, 0.717) is 41.8 Å². The number of benzene rings is 1. The van der Waals surface area contributed by atoms with Crippen LogP contribution in [0.15, 0.2) is 39.9 Å². The van der Waals surface area contributed by atoms with Crippen LogP contribution >= 0.6 is 22.7 Å². The molecule has 0 bridgehead atoms. The number of methoxy groups -OCH3 is 1. The zero-order valence-electron chi connectivity index (χ0n) is 18.9. The first-order chi connectivity index (χ1) is 15.8. The number of hydrogen-bond donors (Lipinski definition) is 0. The minimum atomic E-state index is -3.58. The molecule has 1 unspecified atom stereocenters. The van der Waals surface area contributed by atoms with E-state index in [-0.39, 0.29) is 12.5 Å². The van der Waals surface area contributed by atoms with Crippen molar-refractivity contribution in [2.45, 2.75) is 17.1 Å². The molecule has 178 valence electrons. The van der Waals surface area contributed by atoms with Gasteiger partial charge in [0.1, 0.15) is 9.96 Å². The lowest BCUT2D eigenvalue weighted by Gasteiger charge is -2.33. The fraction of sp³-hybridized carbons (Fsp3) is 0.455. The van der Waals surface area contributed by atoms with Crippen molar-refractivity contribution in [3.8, 4) is 5.75 Å². The molecule has 1 aromatic carbocycles. The highest BCUT2D eigenvalue weighted by atomic mass is 32.2. The number of carbonyl (C=O) groups is 1. The summed E-state index contributed by atoms with van der Waals surface area (Å²) in [6.45, 7) is 1.78. The molecule has 3 heterocycles. The van der Waals surface area contributed by atoms with E-state index in [1.54, 1.807) is 29.5 Å². The molecule has 1 fully saturated rings. The third kappa shape index (κ3) is 5.22. The van der Waals surface area contributed by atoms with Gasteiger partial charge in [-0.15, -0.1) is 11.3 Å². The van der Waals surface area contributed by atoms with E-state index in [9.17, 15) is 13.2 Å². The van der Waals surface area contributed by atoms with Gasteiger partial charge in [0, 0.05) is 26.2 Å². The van der Waals surface area contributed by atoms with Crippen molar-refractivity contribution in [3.05, 3.63) is 35.7 Å². The maximum Gasteiger partial charge on any atom is 0.252 e. The number of sulfonamides is 1. The molecule has 1 amide bonds. The molecule has 2 aromatic heterocycles. The van der Waals surface area contributed by atoms with Gasteiger partial charge in [-0.3, -0.25) is 9.69 Å². The molecule has 0 N–H and O–H groups in total. The molecule has 4 rings (SSSR count). The Hall–Kier alpha value is -2.05. The van der Waals surface area contributed by atoms with E-state index < -0.39 is 15.9 Å². The smallest absolute Gasteiger partial charge is 0.252 e. The summed E-state index contributed by atoms with van der Waals surface area (Å²) in [4.78, 5) is 22.2. The quantitative estimate of drug-likeness (QED) is 0.464. The standard InChI is InChI=1S/C22H28N4O4S3/c1-24(2)11-12-26(22-23-18-9-8-17(30-3)14-19(18)32-22)21(27)16-6-4-10-25(15-16)33(28,29)20-7-5-13-31-20/h5,7-9,13-14,16H,4,6,10-12,15H2,1-3H3. The number of rotatable bonds is 8. The lowest BCUT2D eigenvalue weighted by molar-refractivity contribution is -0.123. The van der Waals surface area contributed by atoms with Crippen LogP contribution in [0.2, 0.25) is 0 Å². The monoisotopic (exact) mass is 508 g/mol. The minimum absolute atomic E-state index is 0.0750. The number of thiophene rings is 1. The summed E-state index contributed by atoms with van der Waals surface area (Å²) in [5, 5.41) is 2.38. The fourth-order valence-electron chi connectivity index (χ4n) is 3.86. The molecule has 1 aliphatic heterocycles. The van der Waals surface area contributed by atoms with Gasteiger partial charge in [0.25, 0.3) is 10.0 Å². The predicted molar refractivity (Wildman–Crippen MR) is 133 cm³/mol. The Labute approximate surface area is 202 Å². The van der Waals surface area contributed by atoms with Crippen molar-refractivity contribution in [2.75, 3.05) is 52.3 Å². The van der Waals surface area contributed by atoms with E-state index in [0.717, 1.165) is 16.0 Å². The Bertz CT molecular complexity index is 1210. The van der Waals surface area contributed by atoms with Crippen LogP contribution in [0.1, 0.15) is 12.8 Å². The average Bonchev–Trinajstić information content (AvgIpc) is 3.49. The topological polar surface area (TPSA) is 83.1 Å². The lowest BCUT2D eigenvalue weighted by atomic mass is 9.98. The fourth-order valence-corrected chi connectivity index (χ4v) is 7.55. The SMILES string of the molecule is COc1ccc2nc(N(CCN(C)C)C(=O)C3CCCN(S(=O)(=O)c4cccs4)C3)sc2c1. The van der Waals surface area contributed by atoms with Gasteiger partial charge in [-0.1, -0.05) is 17.4 Å². The number of thiazole rings is 1. The number of piperidine rings is 1. The molecule has 0 aliphatic carbocycles. The summed E-state index contributed by atoms with van der Waals surface area (Å²) in [7, 11) is 1.96. The zero-order chi connectivity index (χ0) is 23.6. The normalized spacial score (nSPS) is 17.5. The highest BCUT2D eigenvalue weighted by Crippen LogP contribution is 2.33. The second-order valence-electron chi connectivity index (χ2n) is 8.26. The number of fused-ring (bicyclic) bond motifs is 1. The van der Waals surface area contributed by atoms with Gasteiger partial charge in [-0.25, -0.2) is 13.4 Å². The van der Waals surface area contributed by atoms with Gasteiger partial charge < -0.3 is 9.64 Å². The number of ether oxygens (including phenoxy) is 1. The van der Waals surface area contributed by atoms with Gasteiger partial charge in [0.05, 0.1) is 23.2 Å². The molecule has 3 aromatic rings. The van der Waals surface area contributed by atoms with E-state index in [1.165, 1.54) is 27.0 Å². The number of likely N-dealkylation sites (N-methyl/N-ethyl adjacent to an activating group) is 1. The highest BCUT2D eigenvalue weighted by Gasteiger charge is 2.36. The maximum atomic E-state index is 13.7. The average molecular weight is 509 g/mol. The van der Waals surface area contributed by atoms with Gasteiger partial charge in [0.2, 0.25) is 5.91 Å². The molecule has 0 radical (unpaired) electrons. The van der Waals surface area contributed by atoms with Crippen molar-refractivity contribution in [1.82, 2.24) is 14.2 Å². The van der Waals surface area contributed by atoms with Crippen molar-refractivity contribution in [1.29, 1.82) is 0 Å². The summed E-state index contributed by atoms with van der Waals surface area (Å²) < 4.78 is 34.1. The number of amides is 1. The molecule has 8 nitrogen and oxygen atoms in total. The van der Waals surface area contributed by atoms with Gasteiger partial charge >= 0.3 is 0 Å². The molecule has 1 atom stereocenters. The van der Waals surface area contributed by atoms with Crippen molar-refractivity contribution in [2.24, 2.45) is 5.92 Å². The Morgan fingerprint density at radius 1 is 1.27 bits per heavy atom. The second-order valence-corrected chi connectivity index (χ2v) is 12.4. The third-order valence-electron chi connectivity index (χ3n) is 5.67. The summed E-state index contributed by atoms with van der Waals surface area (Å²) in [6, 6.07) is 9.01. The van der Waals surface area contributed by atoms with Crippen LogP contribution < -0.4 is 9.64 Å². The van der Waals surface area contributed by atoms with E-state index in [2.05, 4.69) is 0 Å². The predicted octanol–water partition coefficient (Wildman–Crippen LogP) is 3.36. The van der Waals surface area contributed by atoms with E-state index in [1.807, 2.05) is 37.2 Å². The van der Waals surface area contributed by atoms with Crippen molar-refractivity contribution in [3.63, 3.8) is 0 Å². The van der Waals surface area contributed by atoms with Crippen LogP contribution in [0.4, 0.5) is 5.13 Å². The van der Waals surface area contributed by atoms with Crippen LogP contribution in [0, 0.1) is 5.92 Å². The van der Waals surface area contributed by atoms with Crippen LogP contribution in [0.25, 0.3) is 10.2 Å². The number of hydrogen-bond acceptors (Lipinski definition) is 8. The summed E-state index contributed by atoms with van der Waals surface area (Å²) >= 11 is 2.65. The van der Waals surface area contributed by atoms with Crippen molar-refractivity contribution >= 4 is 54.0 Å². The first-order valence-electron chi connectivity index (χ1n) is 10.7. The Kier molecular flexibility index (Phi) is 7.34. The van der Waals surface area contributed by atoms with Crippen LogP contribution in [-0.2, 0) is 14.8 Å². The molecular formula is C22H28N4O4S3. The lowest BCUT2D eigenvalue weighted by Crippen LogP contribution is -2.48. The third-order valence-corrected chi connectivity index (χ3v) is 9.95. The molecule has 0 saturated carbocycles. The maximum absolute atomic E-state index is 13.7. The van der Waals surface area contributed by atoms with Crippen LogP contribution in [0.5, 0.6) is 5.75 Å². The second kappa shape index (κ2) is 10.1. The molecule has 1 aliphatic rings. The Morgan fingerprint density at radius 2 is 2.09 bits per heavy atom. The number of anilines is 1. The van der Waals surface area contributed by atoms with Crippen LogP contribution in [0.3, 0.4) is 0 Å². The molecule has 1 saturated heterocycles. The molecule has 0 spiro atoms. The largest absolute Gasteiger partial charge is 0.497 e. The van der Waals surface area contributed by atoms with Crippen LogP contribution in [-0.4, -0.2) is 75.9 Å². The number of aromatic nitrogens is 1. The van der Waals surface area contributed by atoms with Crippen molar-refractivity contribution < 1.29 is 17.9 Å². The van der Waals surface area contributed by atoms with Gasteiger partial charge in [-0.2, -0.15) is 4.31 Å². The minimum Gasteiger partial charge on any atom is -0.497 e. The van der Waals surface area contributed by atoms with Gasteiger partial charge in [-0.05, 0) is 56.6 Å². The summed E-state index contributed by atoms with van der Waals surface area (Å²) in [6.07, 6.45) is 1.31. The molecular weight excluding hydrogens is 480 g/mol. The first kappa shape index (κ1) is 24.1. The number of carbonyl (C=O) groups excluding carboxylic acids is 1. The van der Waals surface area contributed by atoms with E-state index >= 15 is 0 Å².